The zero-order chi connectivity index (χ0) is 21.4. The van der Waals surface area contributed by atoms with Crippen LogP contribution in [0.3, 0.4) is 0 Å². The molecule has 0 unspecified atom stereocenters. The highest BCUT2D eigenvalue weighted by atomic mass is 16.6. The Morgan fingerprint density at radius 3 is 2.26 bits per heavy atom. The molecule has 1 aliphatic carbocycles. The summed E-state index contributed by atoms with van der Waals surface area (Å²) in [6, 6.07) is 12.4. The third-order valence-corrected chi connectivity index (χ3v) is 6.37. The van der Waals surface area contributed by atoms with E-state index in [0.29, 0.717) is 48.7 Å². The van der Waals surface area contributed by atoms with Crippen molar-refractivity contribution in [2.24, 2.45) is 0 Å². The summed E-state index contributed by atoms with van der Waals surface area (Å²) < 4.78 is 16.9. The first-order valence-electron chi connectivity index (χ1n) is 10.6. The molecule has 0 spiro atoms. The molecular formula is C24H23NO6. The molecule has 0 bridgehead atoms. The van der Waals surface area contributed by atoms with Gasteiger partial charge in [0.2, 0.25) is 0 Å². The number of esters is 1. The third-order valence-electron chi connectivity index (χ3n) is 6.37. The molecule has 1 fully saturated rings. The van der Waals surface area contributed by atoms with Gasteiger partial charge in [-0.1, -0.05) is 31.0 Å². The second-order valence-corrected chi connectivity index (χ2v) is 8.09. The highest BCUT2D eigenvalue weighted by molar-refractivity contribution is 6.21. The number of hydrogen-bond donors (Lipinski definition) is 0. The molecule has 0 saturated heterocycles. The van der Waals surface area contributed by atoms with E-state index in [1.807, 2.05) is 18.2 Å². The highest BCUT2D eigenvalue weighted by Crippen LogP contribution is 2.45. The molecule has 2 aliphatic heterocycles. The molecule has 2 heterocycles. The van der Waals surface area contributed by atoms with Crippen molar-refractivity contribution >= 4 is 17.8 Å². The van der Waals surface area contributed by atoms with Crippen LogP contribution in [0.15, 0.2) is 42.5 Å². The van der Waals surface area contributed by atoms with E-state index >= 15 is 0 Å². The Morgan fingerprint density at radius 1 is 0.935 bits per heavy atom. The Hall–Kier alpha value is -3.35. The van der Waals surface area contributed by atoms with Crippen molar-refractivity contribution in [1.29, 1.82) is 0 Å². The van der Waals surface area contributed by atoms with Gasteiger partial charge in [-0.3, -0.25) is 19.3 Å². The van der Waals surface area contributed by atoms with Crippen LogP contribution in [0.4, 0.5) is 0 Å². The van der Waals surface area contributed by atoms with Crippen LogP contribution in [0.5, 0.6) is 11.5 Å². The summed E-state index contributed by atoms with van der Waals surface area (Å²) in [5, 5.41) is 0. The standard InChI is InChI=1S/C24H23NO6/c26-21-17-5-1-2-6-18(17)22(27)25(21)11-12-31-23(28)24(9-3-4-10-24)16-7-8-19-20(15-16)30-14-13-29-19/h1-2,5-8,15H,3-4,9-14H2. The van der Waals surface area contributed by atoms with Gasteiger partial charge in [-0.25, -0.2) is 0 Å². The Bertz CT molecular complexity index is 1020. The van der Waals surface area contributed by atoms with Crippen molar-refractivity contribution in [1.82, 2.24) is 4.90 Å². The maximum Gasteiger partial charge on any atom is 0.316 e. The van der Waals surface area contributed by atoms with Crippen LogP contribution in [-0.2, 0) is 14.9 Å². The molecule has 0 radical (unpaired) electrons. The molecule has 0 atom stereocenters. The second kappa shape index (κ2) is 7.72. The minimum Gasteiger partial charge on any atom is -0.486 e. The van der Waals surface area contributed by atoms with Crippen molar-refractivity contribution in [2.75, 3.05) is 26.4 Å². The Kier molecular flexibility index (Phi) is 4.88. The predicted octanol–water partition coefficient (Wildman–Crippen LogP) is 3.11. The fraction of sp³-hybridized carbons (Fsp3) is 0.375. The number of hydrogen-bond acceptors (Lipinski definition) is 6. The minimum atomic E-state index is -0.738. The Labute approximate surface area is 179 Å². The molecule has 5 rings (SSSR count). The van der Waals surface area contributed by atoms with E-state index in [0.717, 1.165) is 23.3 Å². The Balaban J connectivity index is 1.29. The monoisotopic (exact) mass is 421 g/mol. The maximum atomic E-state index is 13.2. The first-order chi connectivity index (χ1) is 15.1. The summed E-state index contributed by atoms with van der Waals surface area (Å²) in [4.78, 5) is 39.3. The van der Waals surface area contributed by atoms with Gasteiger partial charge in [-0.15, -0.1) is 0 Å². The lowest BCUT2D eigenvalue weighted by Gasteiger charge is -2.29. The average Bonchev–Trinajstić information content (AvgIpc) is 3.40. The summed E-state index contributed by atoms with van der Waals surface area (Å²) in [7, 11) is 0. The highest BCUT2D eigenvalue weighted by Gasteiger charge is 2.45. The summed E-state index contributed by atoms with van der Waals surface area (Å²) in [6.07, 6.45) is 3.25. The lowest BCUT2D eigenvalue weighted by Crippen LogP contribution is -2.38. The van der Waals surface area contributed by atoms with Crippen molar-refractivity contribution in [3.8, 4) is 11.5 Å². The van der Waals surface area contributed by atoms with Gasteiger partial charge in [0, 0.05) is 0 Å². The van der Waals surface area contributed by atoms with Crippen LogP contribution in [0.2, 0.25) is 0 Å². The van der Waals surface area contributed by atoms with Crippen LogP contribution in [0, 0.1) is 0 Å². The third kappa shape index (κ3) is 3.24. The number of rotatable bonds is 5. The van der Waals surface area contributed by atoms with E-state index in [9.17, 15) is 14.4 Å². The van der Waals surface area contributed by atoms with Crippen LogP contribution in [0.1, 0.15) is 52.0 Å². The number of nitrogens with zero attached hydrogens (tertiary/aromatic N) is 1. The van der Waals surface area contributed by atoms with Gasteiger partial charge >= 0.3 is 5.97 Å². The SMILES string of the molecule is O=C1c2ccccc2C(=O)N1CCOC(=O)C1(c2ccc3c(c2)OCCO3)CCCC1. The molecule has 160 valence electrons. The summed E-state index contributed by atoms with van der Waals surface area (Å²) in [5.74, 6) is 0.312. The average molecular weight is 421 g/mol. The van der Waals surface area contributed by atoms with Gasteiger partial charge in [-0.05, 0) is 42.7 Å². The van der Waals surface area contributed by atoms with E-state index in [2.05, 4.69) is 0 Å². The van der Waals surface area contributed by atoms with Crippen molar-refractivity contribution < 1.29 is 28.6 Å². The molecule has 0 N–H and O–H groups in total. The quantitative estimate of drug-likeness (QED) is 0.545. The van der Waals surface area contributed by atoms with Gasteiger partial charge in [0.1, 0.15) is 19.8 Å². The number of carbonyl (C=O) groups excluding carboxylic acids is 3. The number of imide groups is 1. The van der Waals surface area contributed by atoms with Crippen molar-refractivity contribution in [3.63, 3.8) is 0 Å². The topological polar surface area (TPSA) is 82.1 Å². The van der Waals surface area contributed by atoms with E-state index in [4.69, 9.17) is 14.2 Å². The molecule has 2 aromatic carbocycles. The smallest absolute Gasteiger partial charge is 0.316 e. The van der Waals surface area contributed by atoms with Gasteiger partial charge in [-0.2, -0.15) is 0 Å². The van der Waals surface area contributed by atoms with Gasteiger partial charge in [0.05, 0.1) is 23.1 Å². The van der Waals surface area contributed by atoms with Crippen LogP contribution >= 0.6 is 0 Å². The van der Waals surface area contributed by atoms with E-state index in [1.165, 1.54) is 0 Å². The molecule has 1 saturated carbocycles. The molecular weight excluding hydrogens is 398 g/mol. The normalized spacial score (nSPS) is 18.8. The number of ether oxygens (including phenoxy) is 3. The van der Waals surface area contributed by atoms with Crippen molar-refractivity contribution in [2.45, 2.75) is 31.1 Å². The number of fused-ring (bicyclic) bond motifs is 2. The molecule has 7 nitrogen and oxygen atoms in total. The zero-order valence-corrected chi connectivity index (χ0v) is 17.1. The Morgan fingerprint density at radius 2 is 1.58 bits per heavy atom. The fourth-order valence-electron chi connectivity index (χ4n) is 4.74. The van der Waals surface area contributed by atoms with E-state index in [-0.39, 0.29) is 30.9 Å². The molecule has 0 aromatic heterocycles. The summed E-state index contributed by atoms with van der Waals surface area (Å²) >= 11 is 0. The lowest BCUT2D eigenvalue weighted by molar-refractivity contribution is -0.150. The minimum absolute atomic E-state index is 0.0311. The number of amides is 2. The molecule has 3 aliphatic rings. The second-order valence-electron chi connectivity index (χ2n) is 8.09. The van der Waals surface area contributed by atoms with Gasteiger partial charge in [0.15, 0.2) is 11.5 Å². The number of benzene rings is 2. The van der Waals surface area contributed by atoms with Gasteiger partial charge < -0.3 is 14.2 Å². The first-order valence-corrected chi connectivity index (χ1v) is 10.6. The van der Waals surface area contributed by atoms with E-state index in [1.54, 1.807) is 24.3 Å². The van der Waals surface area contributed by atoms with Crippen LogP contribution in [-0.4, -0.2) is 49.0 Å². The van der Waals surface area contributed by atoms with Gasteiger partial charge in [0.25, 0.3) is 11.8 Å². The molecule has 31 heavy (non-hydrogen) atoms. The maximum absolute atomic E-state index is 13.2. The van der Waals surface area contributed by atoms with Crippen LogP contribution < -0.4 is 9.47 Å². The molecule has 2 aromatic rings. The molecule has 7 heteroatoms. The van der Waals surface area contributed by atoms with Crippen molar-refractivity contribution in [3.05, 3.63) is 59.2 Å². The first kappa shape index (κ1) is 19.6. The van der Waals surface area contributed by atoms with E-state index < -0.39 is 5.41 Å². The summed E-state index contributed by atoms with van der Waals surface area (Å²) in [5.41, 5.74) is 0.905. The fourth-order valence-corrected chi connectivity index (χ4v) is 4.74. The number of carbonyl (C=O) groups is 3. The molecule has 2 amide bonds. The summed E-state index contributed by atoms with van der Waals surface area (Å²) in [6.45, 7) is 0.997. The zero-order valence-electron chi connectivity index (χ0n) is 17.1. The predicted molar refractivity (Wildman–Crippen MR) is 110 cm³/mol. The van der Waals surface area contributed by atoms with Crippen LogP contribution in [0.25, 0.3) is 0 Å². The largest absolute Gasteiger partial charge is 0.486 e. The lowest BCUT2D eigenvalue weighted by atomic mass is 9.78.